The van der Waals surface area contributed by atoms with Crippen LogP contribution in [0.2, 0.25) is 5.02 Å². The summed E-state index contributed by atoms with van der Waals surface area (Å²) >= 11 is 7.55. The average Bonchev–Trinajstić information content (AvgIpc) is 2.76. The first-order valence-electron chi connectivity index (χ1n) is 10.4. The van der Waals surface area contributed by atoms with E-state index in [2.05, 4.69) is 5.32 Å². The monoisotopic (exact) mass is 462 g/mol. The Morgan fingerprint density at radius 1 is 1.13 bits per heavy atom. The van der Waals surface area contributed by atoms with Crippen LogP contribution in [0, 0.1) is 0 Å². The number of carbonyl (C=O) groups excluding carboxylic acids is 2. The Bertz CT molecular complexity index is 877. The molecule has 2 atom stereocenters. The number of nitrogens with one attached hydrogen (secondary N) is 1. The smallest absolute Gasteiger partial charge is 0.242 e. The minimum atomic E-state index is -0.584. The maximum Gasteiger partial charge on any atom is 0.242 e. The lowest BCUT2D eigenvalue weighted by atomic mass is 10.1. The third-order valence-electron chi connectivity index (χ3n) is 5.04. The highest BCUT2D eigenvalue weighted by Crippen LogP contribution is 2.20. The molecule has 0 bridgehead atoms. The maximum absolute atomic E-state index is 13.1. The van der Waals surface area contributed by atoms with Gasteiger partial charge in [-0.3, -0.25) is 9.59 Å². The quantitative estimate of drug-likeness (QED) is 0.515. The maximum atomic E-state index is 13.1. The number of halogens is 1. The SMILES string of the molecule is CC[C@H](C)NC(=O)[C@@H](C)N(Cc1cccc(OC)c1)C(=O)CSCc1cccc(Cl)c1. The van der Waals surface area contributed by atoms with E-state index in [4.69, 9.17) is 16.3 Å². The van der Waals surface area contributed by atoms with Crippen LogP contribution in [-0.2, 0) is 21.9 Å². The zero-order valence-corrected chi connectivity index (χ0v) is 20.1. The summed E-state index contributed by atoms with van der Waals surface area (Å²) in [5.74, 6) is 1.44. The molecule has 0 saturated carbocycles. The number of amides is 2. The molecule has 2 aromatic rings. The molecule has 7 heteroatoms. The highest BCUT2D eigenvalue weighted by Gasteiger charge is 2.26. The van der Waals surface area contributed by atoms with Crippen molar-refractivity contribution in [2.24, 2.45) is 0 Å². The summed E-state index contributed by atoms with van der Waals surface area (Å²) in [6, 6.07) is 14.6. The average molecular weight is 463 g/mol. The van der Waals surface area contributed by atoms with Crippen molar-refractivity contribution >= 4 is 35.2 Å². The summed E-state index contributed by atoms with van der Waals surface area (Å²) in [4.78, 5) is 27.5. The van der Waals surface area contributed by atoms with Gasteiger partial charge in [-0.25, -0.2) is 0 Å². The van der Waals surface area contributed by atoms with Gasteiger partial charge in [0.2, 0.25) is 11.8 Å². The molecule has 0 heterocycles. The normalized spacial score (nSPS) is 12.7. The van der Waals surface area contributed by atoms with Gasteiger partial charge in [0, 0.05) is 23.4 Å². The van der Waals surface area contributed by atoms with Crippen LogP contribution in [0.4, 0.5) is 0 Å². The zero-order chi connectivity index (χ0) is 22.8. The lowest BCUT2D eigenvalue weighted by Crippen LogP contribution is -2.50. The molecular weight excluding hydrogens is 432 g/mol. The van der Waals surface area contributed by atoms with E-state index in [0.717, 1.165) is 23.3 Å². The Kier molecular flexibility index (Phi) is 10.2. The van der Waals surface area contributed by atoms with Crippen LogP contribution in [-0.4, -0.2) is 41.7 Å². The summed E-state index contributed by atoms with van der Waals surface area (Å²) in [6.07, 6.45) is 0.831. The highest BCUT2D eigenvalue weighted by atomic mass is 35.5. The van der Waals surface area contributed by atoms with Gasteiger partial charge < -0.3 is 15.0 Å². The van der Waals surface area contributed by atoms with Crippen molar-refractivity contribution in [3.05, 3.63) is 64.7 Å². The molecule has 2 amide bonds. The van der Waals surface area contributed by atoms with Crippen molar-refractivity contribution in [3.63, 3.8) is 0 Å². The molecule has 0 fully saturated rings. The van der Waals surface area contributed by atoms with Crippen molar-refractivity contribution in [3.8, 4) is 5.75 Å². The molecule has 2 aromatic carbocycles. The van der Waals surface area contributed by atoms with Crippen LogP contribution in [0.1, 0.15) is 38.3 Å². The van der Waals surface area contributed by atoms with Gasteiger partial charge in [-0.15, -0.1) is 11.8 Å². The van der Waals surface area contributed by atoms with Crippen LogP contribution in [0.3, 0.4) is 0 Å². The highest BCUT2D eigenvalue weighted by molar-refractivity contribution is 7.99. The lowest BCUT2D eigenvalue weighted by Gasteiger charge is -2.29. The second kappa shape index (κ2) is 12.6. The first-order valence-corrected chi connectivity index (χ1v) is 11.9. The van der Waals surface area contributed by atoms with E-state index < -0.39 is 6.04 Å². The van der Waals surface area contributed by atoms with Gasteiger partial charge in [-0.1, -0.05) is 42.8 Å². The van der Waals surface area contributed by atoms with Crippen LogP contribution < -0.4 is 10.1 Å². The van der Waals surface area contributed by atoms with Crippen molar-refractivity contribution in [1.29, 1.82) is 0 Å². The summed E-state index contributed by atoms with van der Waals surface area (Å²) < 4.78 is 5.30. The molecule has 31 heavy (non-hydrogen) atoms. The molecule has 1 N–H and O–H groups in total. The van der Waals surface area contributed by atoms with Gasteiger partial charge in [0.25, 0.3) is 0 Å². The second-order valence-electron chi connectivity index (χ2n) is 7.49. The predicted molar refractivity (Wildman–Crippen MR) is 129 cm³/mol. The minimum Gasteiger partial charge on any atom is -0.497 e. The summed E-state index contributed by atoms with van der Waals surface area (Å²) in [7, 11) is 1.61. The molecule has 0 aromatic heterocycles. The van der Waals surface area contributed by atoms with Gasteiger partial charge in [-0.05, 0) is 55.7 Å². The summed E-state index contributed by atoms with van der Waals surface area (Å²) in [5, 5.41) is 3.66. The molecule has 0 aliphatic carbocycles. The van der Waals surface area contributed by atoms with Gasteiger partial charge >= 0.3 is 0 Å². The van der Waals surface area contributed by atoms with E-state index in [-0.39, 0.29) is 23.6 Å². The molecule has 5 nitrogen and oxygen atoms in total. The number of thioether (sulfide) groups is 1. The Hall–Kier alpha value is -2.18. The standard InChI is InChI=1S/C24H31ClN2O3S/c1-5-17(2)26-24(29)18(3)27(14-19-8-7-11-22(13-19)30-4)23(28)16-31-15-20-9-6-10-21(25)12-20/h6-13,17-18H,5,14-16H2,1-4H3,(H,26,29)/t17-,18+/m0/s1. The molecule has 0 spiro atoms. The van der Waals surface area contributed by atoms with Gasteiger partial charge in [0.05, 0.1) is 12.9 Å². The third-order valence-corrected chi connectivity index (χ3v) is 6.26. The number of carbonyl (C=O) groups is 2. The summed E-state index contributed by atoms with van der Waals surface area (Å²) in [6.45, 7) is 6.08. The number of methoxy groups -OCH3 is 1. The van der Waals surface area contributed by atoms with Crippen LogP contribution in [0.25, 0.3) is 0 Å². The fourth-order valence-electron chi connectivity index (χ4n) is 2.98. The molecular formula is C24H31ClN2O3S. The van der Waals surface area contributed by atoms with E-state index in [9.17, 15) is 9.59 Å². The van der Waals surface area contributed by atoms with E-state index in [0.29, 0.717) is 17.3 Å². The number of hydrogen-bond acceptors (Lipinski definition) is 4. The van der Waals surface area contributed by atoms with Crippen molar-refractivity contribution in [2.45, 2.75) is 51.6 Å². The van der Waals surface area contributed by atoms with Crippen LogP contribution >= 0.6 is 23.4 Å². The topological polar surface area (TPSA) is 58.6 Å². The van der Waals surface area contributed by atoms with E-state index in [1.54, 1.807) is 18.9 Å². The Morgan fingerprint density at radius 2 is 1.84 bits per heavy atom. The Morgan fingerprint density at radius 3 is 2.52 bits per heavy atom. The van der Waals surface area contributed by atoms with E-state index >= 15 is 0 Å². The predicted octanol–water partition coefficient (Wildman–Crippen LogP) is 4.91. The number of rotatable bonds is 11. The van der Waals surface area contributed by atoms with Gasteiger partial charge in [-0.2, -0.15) is 0 Å². The summed E-state index contributed by atoms with van der Waals surface area (Å²) in [5.41, 5.74) is 1.97. The number of nitrogens with zero attached hydrogens (tertiary/aromatic N) is 1. The fraction of sp³-hybridized carbons (Fsp3) is 0.417. The van der Waals surface area contributed by atoms with Crippen molar-refractivity contribution in [1.82, 2.24) is 10.2 Å². The van der Waals surface area contributed by atoms with E-state index in [1.165, 1.54) is 11.8 Å². The Balaban J connectivity index is 2.10. The number of benzene rings is 2. The van der Waals surface area contributed by atoms with Gasteiger partial charge in [0.15, 0.2) is 0 Å². The Labute approximate surface area is 194 Å². The van der Waals surface area contributed by atoms with Crippen molar-refractivity contribution < 1.29 is 14.3 Å². The van der Waals surface area contributed by atoms with Crippen molar-refractivity contribution in [2.75, 3.05) is 12.9 Å². The fourth-order valence-corrected chi connectivity index (χ4v) is 4.05. The molecule has 0 aliphatic rings. The largest absolute Gasteiger partial charge is 0.497 e. The van der Waals surface area contributed by atoms with Gasteiger partial charge in [0.1, 0.15) is 11.8 Å². The van der Waals surface area contributed by atoms with Crippen LogP contribution in [0.5, 0.6) is 5.75 Å². The molecule has 0 radical (unpaired) electrons. The first kappa shape index (κ1) is 25.1. The molecule has 0 unspecified atom stereocenters. The second-order valence-corrected chi connectivity index (χ2v) is 8.91. The molecule has 2 rings (SSSR count). The lowest BCUT2D eigenvalue weighted by molar-refractivity contribution is -0.138. The van der Waals surface area contributed by atoms with Crippen LogP contribution in [0.15, 0.2) is 48.5 Å². The molecule has 0 aliphatic heterocycles. The number of ether oxygens (including phenoxy) is 1. The minimum absolute atomic E-state index is 0.0564. The van der Waals surface area contributed by atoms with E-state index in [1.807, 2.05) is 62.4 Å². The zero-order valence-electron chi connectivity index (χ0n) is 18.6. The third kappa shape index (κ3) is 8.11. The number of hydrogen-bond donors (Lipinski definition) is 1. The molecule has 168 valence electrons. The molecule has 0 saturated heterocycles. The first-order chi connectivity index (χ1) is 14.8.